The molecule has 0 aromatic heterocycles. The zero-order valence-corrected chi connectivity index (χ0v) is 51.3. The number of esters is 3. The van der Waals surface area contributed by atoms with Gasteiger partial charge in [-0.15, -0.1) is 0 Å². The van der Waals surface area contributed by atoms with Crippen LogP contribution in [0.2, 0.25) is 0 Å². The molecule has 76 heavy (non-hydrogen) atoms. The summed E-state index contributed by atoms with van der Waals surface area (Å²) in [5, 5.41) is 0. The number of ether oxygens (including phenoxy) is 3. The maximum absolute atomic E-state index is 12.8. The van der Waals surface area contributed by atoms with Gasteiger partial charge in [-0.3, -0.25) is 14.4 Å². The monoisotopic (exact) mass is 1070 g/mol. The number of allylic oxidation sites excluding steroid dienone is 6. The van der Waals surface area contributed by atoms with Crippen LogP contribution in [-0.2, 0) is 28.6 Å². The molecule has 0 heterocycles. The Kier molecular flexibility index (Phi) is 63.1. The molecule has 6 heteroatoms. The van der Waals surface area contributed by atoms with Gasteiger partial charge >= 0.3 is 17.9 Å². The average Bonchev–Trinajstić information content (AvgIpc) is 3.42. The summed E-state index contributed by atoms with van der Waals surface area (Å²) < 4.78 is 16.9. The molecule has 0 saturated heterocycles. The highest BCUT2D eigenvalue weighted by atomic mass is 16.6. The Morgan fingerprint density at radius 2 is 0.474 bits per heavy atom. The molecule has 6 nitrogen and oxygen atoms in total. The molecule has 0 fully saturated rings. The van der Waals surface area contributed by atoms with Crippen molar-refractivity contribution in [1.29, 1.82) is 0 Å². The van der Waals surface area contributed by atoms with Crippen LogP contribution in [0.25, 0.3) is 0 Å². The first-order valence-corrected chi connectivity index (χ1v) is 34.0. The van der Waals surface area contributed by atoms with Crippen LogP contribution in [0.5, 0.6) is 0 Å². The Morgan fingerprint density at radius 3 is 0.750 bits per heavy atom. The molecule has 1 atom stereocenters. The van der Waals surface area contributed by atoms with E-state index in [9.17, 15) is 14.4 Å². The van der Waals surface area contributed by atoms with E-state index in [4.69, 9.17) is 14.2 Å². The highest BCUT2D eigenvalue weighted by Gasteiger charge is 2.19. The predicted octanol–water partition coefficient (Wildman–Crippen LogP) is 23.2. The smallest absolute Gasteiger partial charge is 0.306 e. The van der Waals surface area contributed by atoms with E-state index in [2.05, 4.69) is 57.2 Å². The van der Waals surface area contributed by atoms with Crippen LogP contribution in [0.1, 0.15) is 374 Å². The highest BCUT2D eigenvalue weighted by molar-refractivity contribution is 5.71. The first-order chi connectivity index (χ1) is 37.5. The molecule has 0 aromatic rings. The van der Waals surface area contributed by atoms with Gasteiger partial charge in [-0.1, -0.05) is 314 Å². The number of carbonyl (C=O) groups is 3. The summed E-state index contributed by atoms with van der Waals surface area (Å²) in [6.45, 7) is 6.64. The third-order valence-corrected chi connectivity index (χ3v) is 15.4. The van der Waals surface area contributed by atoms with Crippen molar-refractivity contribution in [1.82, 2.24) is 0 Å². The van der Waals surface area contributed by atoms with Crippen molar-refractivity contribution in [2.45, 2.75) is 380 Å². The molecule has 0 spiro atoms. The van der Waals surface area contributed by atoms with Crippen molar-refractivity contribution in [2.24, 2.45) is 0 Å². The van der Waals surface area contributed by atoms with Crippen molar-refractivity contribution in [3.63, 3.8) is 0 Å². The van der Waals surface area contributed by atoms with Gasteiger partial charge in [0, 0.05) is 19.3 Å². The normalized spacial score (nSPS) is 12.2. The summed E-state index contributed by atoms with van der Waals surface area (Å²) in [6, 6.07) is 0. The lowest BCUT2D eigenvalue weighted by Crippen LogP contribution is -2.30. The minimum absolute atomic E-state index is 0.0696. The fourth-order valence-corrected chi connectivity index (χ4v) is 10.2. The summed E-state index contributed by atoms with van der Waals surface area (Å²) in [4.78, 5) is 38.1. The van der Waals surface area contributed by atoms with E-state index in [0.29, 0.717) is 19.3 Å². The number of hydrogen-bond donors (Lipinski definition) is 0. The summed E-state index contributed by atoms with van der Waals surface area (Å²) in [5.41, 5.74) is 0. The number of carbonyl (C=O) groups excluding carboxylic acids is 3. The minimum Gasteiger partial charge on any atom is -0.462 e. The molecule has 0 N–H and O–H groups in total. The van der Waals surface area contributed by atoms with E-state index >= 15 is 0 Å². The van der Waals surface area contributed by atoms with E-state index in [1.54, 1.807) is 0 Å². The van der Waals surface area contributed by atoms with Gasteiger partial charge in [-0.2, -0.15) is 0 Å². The molecule has 0 aliphatic carbocycles. The quantitative estimate of drug-likeness (QED) is 0.0261. The largest absolute Gasteiger partial charge is 0.462 e. The van der Waals surface area contributed by atoms with Crippen molar-refractivity contribution < 1.29 is 28.6 Å². The number of unbranched alkanes of at least 4 members (excludes halogenated alkanes) is 46. The number of hydrogen-bond acceptors (Lipinski definition) is 6. The summed E-state index contributed by atoms with van der Waals surface area (Å²) in [7, 11) is 0. The summed E-state index contributed by atoms with van der Waals surface area (Å²) in [6.07, 6.45) is 80.5. The molecule has 1 unspecified atom stereocenters. The third kappa shape index (κ3) is 62.5. The Labute approximate surface area is 474 Å². The molecule has 0 aromatic carbocycles. The van der Waals surface area contributed by atoms with Gasteiger partial charge < -0.3 is 14.2 Å². The summed E-state index contributed by atoms with van der Waals surface area (Å²) >= 11 is 0. The first-order valence-electron chi connectivity index (χ1n) is 34.0. The van der Waals surface area contributed by atoms with Crippen LogP contribution < -0.4 is 0 Å². The van der Waals surface area contributed by atoms with Crippen molar-refractivity contribution in [2.75, 3.05) is 13.2 Å². The standard InChI is InChI=1S/C70H130O6/c1-4-7-10-13-16-19-22-24-25-26-27-28-29-30-31-32-33-34-35-36-37-38-39-40-41-42-43-44-45-47-48-51-54-57-60-63-69(72)75-66-67(65-74-68(71)62-59-56-53-50-21-18-15-12-9-6-3)76-70(73)64-61-58-55-52-49-46-23-20-17-14-11-8-5-2/h20,22-24,26-27,67H,4-19,21,25,28-66H2,1-3H3/b23-20-,24-22-,27-26-. The SMILES string of the molecule is CCCCCC/C=C\CCCCCCCC(=O)OC(COC(=O)CCCCCCCCCCCC)COC(=O)CCCCCCCCCCCCCCCCCCCCCCCCC/C=C\C/C=C\CCCCCCC. The van der Waals surface area contributed by atoms with Gasteiger partial charge in [-0.05, 0) is 77.0 Å². The van der Waals surface area contributed by atoms with Crippen LogP contribution in [0, 0.1) is 0 Å². The average molecular weight is 1070 g/mol. The summed E-state index contributed by atoms with van der Waals surface area (Å²) in [5.74, 6) is -0.858. The van der Waals surface area contributed by atoms with E-state index < -0.39 is 6.10 Å². The molecule has 0 amide bonds. The lowest BCUT2D eigenvalue weighted by molar-refractivity contribution is -0.167. The lowest BCUT2D eigenvalue weighted by Gasteiger charge is -2.18. The van der Waals surface area contributed by atoms with Gasteiger partial charge in [-0.25, -0.2) is 0 Å². The second kappa shape index (κ2) is 65.2. The lowest BCUT2D eigenvalue weighted by atomic mass is 10.0. The Hall–Kier alpha value is -2.37. The molecule has 0 aliphatic heterocycles. The molecule has 0 bridgehead atoms. The van der Waals surface area contributed by atoms with Gasteiger partial charge in [0.15, 0.2) is 6.10 Å². The van der Waals surface area contributed by atoms with Gasteiger partial charge in [0.2, 0.25) is 0 Å². The van der Waals surface area contributed by atoms with Crippen LogP contribution in [0.4, 0.5) is 0 Å². The van der Waals surface area contributed by atoms with Crippen molar-refractivity contribution in [3.05, 3.63) is 36.5 Å². The Bertz CT molecular complexity index is 1270. The molecular weight excluding hydrogens is 937 g/mol. The molecular formula is C70H130O6. The number of rotatable bonds is 63. The van der Waals surface area contributed by atoms with Crippen LogP contribution >= 0.6 is 0 Å². The van der Waals surface area contributed by atoms with Crippen LogP contribution in [0.15, 0.2) is 36.5 Å². The van der Waals surface area contributed by atoms with Crippen molar-refractivity contribution >= 4 is 17.9 Å². The molecule has 446 valence electrons. The van der Waals surface area contributed by atoms with Crippen molar-refractivity contribution in [3.8, 4) is 0 Å². The Morgan fingerprint density at radius 1 is 0.263 bits per heavy atom. The highest BCUT2D eigenvalue weighted by Crippen LogP contribution is 2.18. The third-order valence-electron chi connectivity index (χ3n) is 15.4. The van der Waals surface area contributed by atoms with Gasteiger partial charge in [0.25, 0.3) is 0 Å². The predicted molar refractivity (Wildman–Crippen MR) is 330 cm³/mol. The van der Waals surface area contributed by atoms with E-state index in [1.165, 1.54) is 263 Å². The molecule has 0 rings (SSSR count). The minimum atomic E-state index is -0.771. The maximum Gasteiger partial charge on any atom is 0.306 e. The fraction of sp³-hybridized carbons (Fsp3) is 0.871. The first kappa shape index (κ1) is 73.6. The topological polar surface area (TPSA) is 78.9 Å². The van der Waals surface area contributed by atoms with Gasteiger partial charge in [0.1, 0.15) is 13.2 Å². The van der Waals surface area contributed by atoms with Crippen LogP contribution in [-0.4, -0.2) is 37.2 Å². The molecule has 0 radical (unpaired) electrons. The van der Waals surface area contributed by atoms with Crippen LogP contribution in [0.3, 0.4) is 0 Å². The van der Waals surface area contributed by atoms with E-state index in [-0.39, 0.29) is 31.1 Å². The molecule has 0 aliphatic rings. The van der Waals surface area contributed by atoms with E-state index in [0.717, 1.165) is 70.6 Å². The zero-order valence-electron chi connectivity index (χ0n) is 51.3. The Balaban J connectivity index is 3.96. The van der Waals surface area contributed by atoms with Gasteiger partial charge in [0.05, 0.1) is 0 Å². The second-order valence-electron chi connectivity index (χ2n) is 23.1. The van der Waals surface area contributed by atoms with E-state index in [1.807, 2.05) is 0 Å². The zero-order chi connectivity index (χ0) is 55.0. The maximum atomic E-state index is 12.8. The second-order valence-corrected chi connectivity index (χ2v) is 23.1. The fourth-order valence-electron chi connectivity index (χ4n) is 10.2. The molecule has 0 saturated carbocycles.